The van der Waals surface area contributed by atoms with Crippen LogP contribution in [-0.2, 0) is 0 Å². The fraction of sp³-hybridized carbons (Fsp3) is 0.136. The Morgan fingerprint density at radius 1 is 1.03 bits per heavy atom. The highest BCUT2D eigenvalue weighted by molar-refractivity contribution is 6.05. The van der Waals surface area contributed by atoms with Crippen LogP contribution in [0.2, 0.25) is 0 Å². The van der Waals surface area contributed by atoms with Gasteiger partial charge in [-0.1, -0.05) is 24.3 Å². The van der Waals surface area contributed by atoms with Gasteiger partial charge in [0.15, 0.2) is 28.7 Å². The van der Waals surface area contributed by atoms with Crippen LogP contribution in [0.3, 0.4) is 0 Å². The molecule has 4 aromatic rings. The summed E-state index contributed by atoms with van der Waals surface area (Å²) in [7, 11) is 1.53. The summed E-state index contributed by atoms with van der Waals surface area (Å²) in [4.78, 5) is 21.2. The Balaban J connectivity index is 1.59. The Morgan fingerprint density at radius 3 is 2.43 bits per heavy atom. The lowest BCUT2D eigenvalue weighted by Gasteiger charge is -2.12. The number of ether oxygens (including phenoxy) is 2. The number of anilines is 1. The highest BCUT2D eigenvalue weighted by Gasteiger charge is 2.18. The molecule has 1 amide bonds. The number of nitrogens with zero attached hydrogens (tertiary/aromatic N) is 2. The molecule has 0 aliphatic rings. The van der Waals surface area contributed by atoms with Gasteiger partial charge in [0.1, 0.15) is 0 Å². The number of hydrogen-bond acceptors (Lipinski definition) is 6. The number of fused-ring (bicyclic) bond motifs is 1. The molecule has 0 unspecified atom stereocenters. The van der Waals surface area contributed by atoms with Crippen molar-refractivity contribution in [2.45, 2.75) is 13.8 Å². The molecule has 2 heterocycles. The van der Waals surface area contributed by atoms with Crippen molar-refractivity contribution in [3.63, 3.8) is 0 Å². The van der Waals surface area contributed by atoms with Gasteiger partial charge in [-0.15, -0.1) is 0 Å². The van der Waals surface area contributed by atoms with Gasteiger partial charge in [0.05, 0.1) is 24.2 Å². The summed E-state index contributed by atoms with van der Waals surface area (Å²) in [6.45, 7) is 3.39. The summed E-state index contributed by atoms with van der Waals surface area (Å²) in [6.07, 6.45) is 0. The van der Waals surface area contributed by atoms with Crippen LogP contribution in [-0.4, -0.2) is 23.0 Å². The summed E-state index contributed by atoms with van der Waals surface area (Å²) >= 11 is 0. The molecule has 0 bridgehead atoms. The minimum atomic E-state index is -0.519. The molecule has 4 rings (SSSR count). The van der Waals surface area contributed by atoms with Crippen molar-refractivity contribution in [2.24, 2.45) is 0 Å². The summed E-state index contributed by atoms with van der Waals surface area (Å²) in [5.74, 6) is -0.291. The second-order valence-corrected chi connectivity index (χ2v) is 6.53. The second-order valence-electron chi connectivity index (χ2n) is 6.53. The van der Waals surface area contributed by atoms with Gasteiger partial charge in [0, 0.05) is 5.39 Å². The number of aromatic nitrogens is 2. The molecule has 2 aromatic carbocycles. The molecule has 1 N–H and O–H groups in total. The third kappa shape index (κ3) is 3.67. The van der Waals surface area contributed by atoms with E-state index in [4.69, 9.17) is 13.9 Å². The highest BCUT2D eigenvalue weighted by Crippen LogP contribution is 2.30. The first kappa shape index (κ1) is 19.4. The van der Waals surface area contributed by atoms with Crippen LogP contribution in [0.4, 0.5) is 10.1 Å². The number of rotatable bonds is 5. The van der Waals surface area contributed by atoms with E-state index in [0.29, 0.717) is 28.4 Å². The SMILES string of the molecule is COc1cccc2cc(C(=O)Nc3c(C)nc(Oc4ccccc4F)nc3C)oc12. The smallest absolute Gasteiger partial charge is 0.322 e. The fourth-order valence-electron chi connectivity index (χ4n) is 3.02. The molecule has 0 saturated carbocycles. The first-order valence-electron chi connectivity index (χ1n) is 9.12. The Bertz CT molecular complexity index is 1230. The zero-order valence-corrected chi connectivity index (χ0v) is 16.5. The number of benzene rings is 2. The maximum Gasteiger partial charge on any atom is 0.322 e. The fourth-order valence-corrected chi connectivity index (χ4v) is 3.02. The van der Waals surface area contributed by atoms with E-state index in [-0.39, 0.29) is 17.5 Å². The van der Waals surface area contributed by atoms with Crippen molar-refractivity contribution in [2.75, 3.05) is 12.4 Å². The van der Waals surface area contributed by atoms with E-state index in [2.05, 4.69) is 15.3 Å². The second kappa shape index (κ2) is 7.82. The minimum absolute atomic E-state index is 0.0124. The number of carbonyl (C=O) groups is 1. The molecule has 7 nitrogen and oxygen atoms in total. The van der Waals surface area contributed by atoms with Gasteiger partial charge in [-0.2, -0.15) is 9.97 Å². The molecule has 0 atom stereocenters. The predicted octanol–water partition coefficient (Wildman–Crippen LogP) is 5.03. The minimum Gasteiger partial charge on any atom is -0.493 e. The summed E-state index contributed by atoms with van der Waals surface area (Å²) in [6, 6.07) is 13.0. The summed E-state index contributed by atoms with van der Waals surface area (Å²) in [5, 5.41) is 3.52. The number of hydrogen-bond donors (Lipinski definition) is 1. The lowest BCUT2D eigenvalue weighted by molar-refractivity contribution is 0.0998. The highest BCUT2D eigenvalue weighted by atomic mass is 19.1. The average molecular weight is 407 g/mol. The molecule has 0 radical (unpaired) electrons. The zero-order chi connectivity index (χ0) is 21.3. The number of carbonyl (C=O) groups excluding carboxylic acids is 1. The largest absolute Gasteiger partial charge is 0.493 e. The van der Waals surface area contributed by atoms with Crippen molar-refractivity contribution < 1.29 is 23.1 Å². The van der Waals surface area contributed by atoms with Crippen molar-refractivity contribution in [1.29, 1.82) is 0 Å². The van der Waals surface area contributed by atoms with Gasteiger partial charge in [-0.25, -0.2) is 4.39 Å². The molecule has 0 fully saturated rings. The standard InChI is InChI=1S/C22H18FN3O4/c1-12-19(13(2)25-22(24-12)30-16-9-5-4-8-15(16)23)26-21(27)18-11-14-7-6-10-17(28-3)20(14)29-18/h4-11H,1-3H3,(H,26,27). The average Bonchev–Trinajstić information content (AvgIpc) is 3.17. The van der Waals surface area contributed by atoms with E-state index in [1.807, 2.05) is 12.1 Å². The summed E-state index contributed by atoms with van der Waals surface area (Å²) < 4.78 is 30.2. The molecule has 8 heteroatoms. The van der Waals surface area contributed by atoms with Gasteiger partial charge in [0.2, 0.25) is 0 Å². The molecule has 0 saturated heterocycles. The van der Waals surface area contributed by atoms with Crippen LogP contribution in [0.25, 0.3) is 11.0 Å². The quantitative estimate of drug-likeness (QED) is 0.499. The number of halogens is 1. The number of furan rings is 1. The first-order chi connectivity index (χ1) is 14.5. The van der Waals surface area contributed by atoms with Crippen LogP contribution < -0.4 is 14.8 Å². The molecular formula is C22H18FN3O4. The van der Waals surface area contributed by atoms with E-state index in [1.165, 1.54) is 19.2 Å². The number of methoxy groups -OCH3 is 1. The normalized spacial score (nSPS) is 10.8. The lowest BCUT2D eigenvalue weighted by atomic mass is 10.2. The maximum absolute atomic E-state index is 13.8. The third-order valence-corrected chi connectivity index (χ3v) is 4.48. The van der Waals surface area contributed by atoms with Crippen molar-refractivity contribution in [1.82, 2.24) is 9.97 Å². The van der Waals surface area contributed by atoms with Crippen LogP contribution in [0.5, 0.6) is 17.5 Å². The van der Waals surface area contributed by atoms with Crippen LogP contribution in [0.1, 0.15) is 21.9 Å². The van der Waals surface area contributed by atoms with Gasteiger partial charge < -0.3 is 19.2 Å². The molecule has 30 heavy (non-hydrogen) atoms. The van der Waals surface area contributed by atoms with Gasteiger partial charge in [-0.05, 0) is 38.1 Å². The monoisotopic (exact) mass is 407 g/mol. The molecule has 0 spiro atoms. The number of aryl methyl sites for hydroxylation is 2. The Labute approximate surface area is 171 Å². The topological polar surface area (TPSA) is 86.5 Å². The number of amides is 1. The Hall–Kier alpha value is -3.94. The Morgan fingerprint density at radius 2 is 1.73 bits per heavy atom. The van der Waals surface area contributed by atoms with E-state index in [0.717, 1.165) is 5.39 Å². The lowest BCUT2D eigenvalue weighted by Crippen LogP contribution is -2.14. The predicted molar refractivity (Wildman–Crippen MR) is 109 cm³/mol. The summed E-state index contributed by atoms with van der Waals surface area (Å²) in [5.41, 5.74) is 1.85. The van der Waals surface area contributed by atoms with Crippen molar-refractivity contribution >= 4 is 22.6 Å². The van der Waals surface area contributed by atoms with E-state index >= 15 is 0 Å². The first-order valence-corrected chi connectivity index (χ1v) is 9.12. The van der Waals surface area contributed by atoms with E-state index < -0.39 is 11.7 Å². The van der Waals surface area contributed by atoms with Gasteiger partial charge in [-0.3, -0.25) is 4.79 Å². The number of nitrogens with one attached hydrogen (secondary N) is 1. The third-order valence-electron chi connectivity index (χ3n) is 4.48. The van der Waals surface area contributed by atoms with Crippen molar-refractivity contribution in [3.05, 3.63) is 71.5 Å². The molecule has 0 aliphatic heterocycles. The molecule has 0 aliphatic carbocycles. The van der Waals surface area contributed by atoms with Gasteiger partial charge >= 0.3 is 6.01 Å². The zero-order valence-electron chi connectivity index (χ0n) is 16.5. The van der Waals surface area contributed by atoms with E-state index in [1.54, 1.807) is 38.1 Å². The van der Waals surface area contributed by atoms with E-state index in [9.17, 15) is 9.18 Å². The van der Waals surface area contributed by atoms with Crippen LogP contribution >= 0.6 is 0 Å². The molecule has 152 valence electrons. The maximum atomic E-state index is 13.8. The Kier molecular flexibility index (Phi) is 5.05. The number of para-hydroxylation sites is 2. The van der Waals surface area contributed by atoms with Gasteiger partial charge in [0.25, 0.3) is 5.91 Å². The molecule has 2 aromatic heterocycles. The van der Waals surface area contributed by atoms with Crippen LogP contribution in [0, 0.1) is 19.7 Å². The van der Waals surface area contributed by atoms with Crippen LogP contribution in [0.15, 0.2) is 52.9 Å². The molecular weight excluding hydrogens is 389 g/mol. The van der Waals surface area contributed by atoms with Crippen molar-refractivity contribution in [3.8, 4) is 17.5 Å².